The molecule has 1 aromatic carbocycles. The van der Waals surface area contributed by atoms with E-state index in [1.54, 1.807) is 24.3 Å². The number of anilines is 1. The Hall–Kier alpha value is -1.27. The summed E-state index contributed by atoms with van der Waals surface area (Å²) in [5.74, 6) is -0.823. The van der Waals surface area contributed by atoms with Crippen molar-refractivity contribution in [2.75, 3.05) is 11.9 Å². The van der Waals surface area contributed by atoms with Crippen LogP contribution in [-0.4, -0.2) is 29.7 Å². The molecule has 1 fully saturated rings. The van der Waals surface area contributed by atoms with Gasteiger partial charge in [-0.2, -0.15) is 0 Å². The Morgan fingerprint density at radius 3 is 2.19 bits per heavy atom. The molecule has 0 radical (unpaired) electrons. The molecule has 0 aliphatic carbocycles. The van der Waals surface area contributed by atoms with Gasteiger partial charge in [-0.25, -0.2) is 14.7 Å². The maximum Gasteiger partial charge on any atom is 0.337 e. The molecule has 1 aliphatic heterocycles. The molecule has 1 aromatic rings. The predicted molar refractivity (Wildman–Crippen MR) is 84.1 cm³/mol. The number of aliphatic imine (C=N–C) groups is 1. The lowest BCUT2D eigenvalue weighted by Crippen LogP contribution is -2.31. The zero-order valence-corrected chi connectivity index (χ0v) is 13.5. The van der Waals surface area contributed by atoms with E-state index in [1.165, 1.54) is 7.05 Å². The van der Waals surface area contributed by atoms with Crippen LogP contribution in [0.3, 0.4) is 0 Å². The fourth-order valence-corrected chi connectivity index (χ4v) is 1.92. The molecule has 5 nitrogen and oxygen atoms in total. The third kappa shape index (κ3) is 3.16. The second kappa shape index (κ2) is 6.23. The summed E-state index contributed by atoms with van der Waals surface area (Å²) >= 11 is 22.5. The summed E-state index contributed by atoms with van der Waals surface area (Å²) in [6.45, 7) is 0. The second-order valence-electron chi connectivity index (χ2n) is 3.95. The van der Waals surface area contributed by atoms with E-state index in [0.29, 0.717) is 10.7 Å². The van der Waals surface area contributed by atoms with Crippen LogP contribution in [0.25, 0.3) is 0 Å². The van der Waals surface area contributed by atoms with Gasteiger partial charge in [0, 0.05) is 12.1 Å². The highest BCUT2D eigenvalue weighted by Crippen LogP contribution is 2.26. The number of hydrogen-bond acceptors (Lipinski definition) is 3. The molecular weight excluding hydrogens is 360 g/mol. The number of benzene rings is 1. The van der Waals surface area contributed by atoms with Gasteiger partial charge < -0.3 is 0 Å². The molecule has 0 saturated carbocycles. The minimum Gasteiger partial charge on any atom is -0.265 e. The van der Waals surface area contributed by atoms with E-state index < -0.39 is 11.9 Å². The minimum atomic E-state index is -0.623. The lowest BCUT2D eigenvalue weighted by molar-refractivity contribution is -0.119. The van der Waals surface area contributed by atoms with Crippen molar-refractivity contribution in [1.29, 1.82) is 0 Å². The van der Waals surface area contributed by atoms with Crippen molar-refractivity contribution in [2.24, 2.45) is 4.99 Å². The van der Waals surface area contributed by atoms with Crippen molar-refractivity contribution in [2.45, 2.75) is 0 Å². The highest BCUT2D eigenvalue weighted by atomic mass is 35.5. The lowest BCUT2D eigenvalue weighted by Gasteiger charge is -2.14. The van der Waals surface area contributed by atoms with E-state index in [0.717, 1.165) is 9.80 Å². The SMILES string of the molecule is CN1C(=O)/C(=N\C(Cl)=C(Cl)Cl)N(c2ccc(Cl)cc2)C1=O. The van der Waals surface area contributed by atoms with Gasteiger partial charge in [-0.1, -0.05) is 46.4 Å². The number of rotatable bonds is 2. The zero-order valence-electron chi connectivity index (χ0n) is 10.5. The van der Waals surface area contributed by atoms with Crippen LogP contribution in [0.2, 0.25) is 5.02 Å². The number of amidine groups is 1. The first kappa shape index (κ1) is 16.1. The van der Waals surface area contributed by atoms with Crippen LogP contribution in [0.15, 0.2) is 38.9 Å². The zero-order chi connectivity index (χ0) is 15.7. The molecule has 9 heteroatoms. The Morgan fingerprint density at radius 1 is 1.10 bits per heavy atom. The summed E-state index contributed by atoms with van der Waals surface area (Å²) in [6, 6.07) is 5.73. The molecule has 1 aliphatic rings. The van der Waals surface area contributed by atoms with Crippen LogP contribution >= 0.6 is 46.4 Å². The van der Waals surface area contributed by atoms with Crippen LogP contribution < -0.4 is 4.90 Å². The van der Waals surface area contributed by atoms with Gasteiger partial charge in [-0.15, -0.1) is 0 Å². The van der Waals surface area contributed by atoms with Crippen LogP contribution in [-0.2, 0) is 4.79 Å². The monoisotopic (exact) mass is 365 g/mol. The largest absolute Gasteiger partial charge is 0.337 e. The number of imide groups is 1. The average molecular weight is 367 g/mol. The van der Waals surface area contributed by atoms with Crippen LogP contribution in [0.4, 0.5) is 10.5 Å². The van der Waals surface area contributed by atoms with Crippen molar-refractivity contribution < 1.29 is 9.59 Å². The third-order valence-corrected chi connectivity index (χ3v) is 3.71. The lowest BCUT2D eigenvalue weighted by atomic mass is 10.3. The minimum absolute atomic E-state index is 0.200. The quantitative estimate of drug-likeness (QED) is 0.587. The van der Waals surface area contributed by atoms with Crippen LogP contribution in [0, 0.1) is 0 Å². The van der Waals surface area contributed by atoms with E-state index in [1.807, 2.05) is 0 Å². The Labute approximate surface area is 140 Å². The number of halogens is 4. The van der Waals surface area contributed by atoms with E-state index in [-0.39, 0.29) is 15.5 Å². The van der Waals surface area contributed by atoms with Gasteiger partial charge in [-0.05, 0) is 24.3 Å². The predicted octanol–water partition coefficient (Wildman–Crippen LogP) is 3.98. The number of hydrogen-bond donors (Lipinski definition) is 0. The standard InChI is InChI=1S/C12H7Cl4N3O2/c1-18-11(20)10(17-9(16)8(14)15)19(12(18)21)7-4-2-6(13)3-5-7/h2-5H,1H3/b17-10+. The summed E-state index contributed by atoms with van der Waals surface area (Å²) in [6.07, 6.45) is 0. The molecule has 3 amide bonds. The molecule has 0 bridgehead atoms. The first-order valence-electron chi connectivity index (χ1n) is 5.50. The smallest absolute Gasteiger partial charge is 0.265 e. The van der Waals surface area contributed by atoms with Crippen molar-refractivity contribution in [3.05, 3.63) is 38.9 Å². The Bertz CT molecular complexity index is 666. The Balaban J connectivity index is 2.55. The molecule has 2 rings (SSSR count). The number of carbonyl (C=O) groups excluding carboxylic acids is 2. The van der Waals surface area contributed by atoms with Gasteiger partial charge in [0.05, 0.1) is 5.69 Å². The molecule has 0 atom stereocenters. The molecule has 0 aromatic heterocycles. The number of likely N-dealkylation sites (N-methyl/N-ethyl adjacent to an activating group) is 1. The number of urea groups is 1. The molecule has 110 valence electrons. The van der Waals surface area contributed by atoms with Crippen LogP contribution in [0.1, 0.15) is 0 Å². The molecule has 0 spiro atoms. The van der Waals surface area contributed by atoms with E-state index in [9.17, 15) is 9.59 Å². The summed E-state index contributed by atoms with van der Waals surface area (Å²) in [5, 5.41) is 0.203. The summed E-state index contributed by atoms with van der Waals surface area (Å²) in [7, 11) is 1.33. The summed E-state index contributed by atoms with van der Waals surface area (Å²) in [5.41, 5.74) is 0.413. The number of nitrogens with zero attached hydrogens (tertiary/aromatic N) is 3. The van der Waals surface area contributed by atoms with E-state index in [4.69, 9.17) is 46.4 Å². The van der Waals surface area contributed by atoms with Crippen LogP contribution in [0.5, 0.6) is 0 Å². The van der Waals surface area contributed by atoms with Crippen molar-refractivity contribution in [1.82, 2.24) is 4.90 Å². The summed E-state index contributed by atoms with van der Waals surface area (Å²) in [4.78, 5) is 30.0. The first-order valence-corrected chi connectivity index (χ1v) is 7.01. The Kier molecular flexibility index (Phi) is 4.78. The third-order valence-electron chi connectivity index (χ3n) is 2.63. The number of carbonyl (C=O) groups is 2. The molecule has 0 unspecified atom stereocenters. The van der Waals surface area contributed by atoms with Gasteiger partial charge in [0.25, 0.3) is 5.91 Å². The molecule has 0 N–H and O–H groups in total. The van der Waals surface area contributed by atoms with Gasteiger partial charge in [0.2, 0.25) is 5.84 Å². The topological polar surface area (TPSA) is 53.0 Å². The van der Waals surface area contributed by atoms with Gasteiger partial charge in [0.1, 0.15) is 4.49 Å². The highest BCUT2D eigenvalue weighted by Gasteiger charge is 2.41. The number of amides is 3. The molecular formula is C12H7Cl4N3O2. The fourth-order valence-electron chi connectivity index (χ4n) is 1.63. The van der Waals surface area contributed by atoms with E-state index >= 15 is 0 Å². The van der Waals surface area contributed by atoms with Gasteiger partial charge in [-0.3, -0.25) is 9.69 Å². The average Bonchev–Trinajstić information content (AvgIpc) is 2.65. The normalized spacial score (nSPS) is 16.9. The molecule has 1 saturated heterocycles. The maximum atomic E-state index is 12.2. The van der Waals surface area contributed by atoms with Crippen molar-refractivity contribution >= 4 is 69.9 Å². The maximum absolute atomic E-state index is 12.2. The second-order valence-corrected chi connectivity index (χ2v) is 5.69. The summed E-state index contributed by atoms with van der Waals surface area (Å²) < 4.78 is -0.310. The Morgan fingerprint density at radius 2 is 1.67 bits per heavy atom. The van der Waals surface area contributed by atoms with E-state index in [2.05, 4.69) is 4.99 Å². The first-order chi connectivity index (χ1) is 9.82. The van der Waals surface area contributed by atoms with Crippen molar-refractivity contribution in [3.63, 3.8) is 0 Å². The van der Waals surface area contributed by atoms with Gasteiger partial charge >= 0.3 is 6.03 Å². The van der Waals surface area contributed by atoms with Crippen molar-refractivity contribution in [3.8, 4) is 0 Å². The molecule has 21 heavy (non-hydrogen) atoms. The fraction of sp³-hybridized carbons (Fsp3) is 0.0833. The molecule has 1 heterocycles. The highest BCUT2D eigenvalue weighted by molar-refractivity contribution is 6.60. The van der Waals surface area contributed by atoms with Gasteiger partial charge in [0.15, 0.2) is 5.16 Å².